The summed E-state index contributed by atoms with van der Waals surface area (Å²) in [6.45, 7) is 1.94. The molecule has 0 saturated heterocycles. The number of carbonyl (C=O) groups is 1. The zero-order valence-electron chi connectivity index (χ0n) is 11.7. The first-order valence-electron chi connectivity index (χ1n) is 6.78. The molecule has 0 radical (unpaired) electrons. The van der Waals surface area contributed by atoms with Crippen molar-refractivity contribution in [3.05, 3.63) is 60.3 Å². The predicted octanol–water partition coefficient (Wildman–Crippen LogP) is 3.49. The molecule has 1 aromatic heterocycles. The van der Waals surface area contributed by atoms with Crippen molar-refractivity contribution in [2.75, 3.05) is 11.9 Å². The maximum absolute atomic E-state index is 11.9. The van der Waals surface area contributed by atoms with Gasteiger partial charge in [0.05, 0.1) is 0 Å². The van der Waals surface area contributed by atoms with E-state index < -0.39 is 0 Å². The maximum atomic E-state index is 11.9. The van der Waals surface area contributed by atoms with E-state index in [1.165, 1.54) is 0 Å². The van der Waals surface area contributed by atoms with E-state index in [2.05, 4.69) is 10.3 Å². The molecule has 0 aliphatic heterocycles. The number of ether oxygens (including phenoxy) is 1. The lowest BCUT2D eigenvalue weighted by atomic mass is 10.2. The average Bonchev–Trinajstić information content (AvgIpc) is 2.94. The minimum Gasteiger partial charge on any atom is -0.483 e. The standard InChI is InChI=1S/C17H16N2O2/c1-12-4-2-3-5-16(12)21-11-17(20)19-14-7-6-13-8-9-18-15(13)10-14/h2-10,18H,11H2,1H3,(H,19,20). The Hall–Kier alpha value is -2.75. The summed E-state index contributed by atoms with van der Waals surface area (Å²) in [7, 11) is 0. The smallest absolute Gasteiger partial charge is 0.262 e. The Morgan fingerprint density at radius 3 is 2.90 bits per heavy atom. The molecule has 21 heavy (non-hydrogen) atoms. The van der Waals surface area contributed by atoms with E-state index in [9.17, 15) is 4.79 Å². The van der Waals surface area contributed by atoms with Crippen LogP contribution in [0.4, 0.5) is 5.69 Å². The quantitative estimate of drug-likeness (QED) is 0.768. The first-order valence-corrected chi connectivity index (χ1v) is 6.78. The van der Waals surface area contributed by atoms with Crippen LogP contribution in [-0.4, -0.2) is 17.5 Å². The van der Waals surface area contributed by atoms with Gasteiger partial charge in [-0.15, -0.1) is 0 Å². The first kappa shape index (κ1) is 13.2. The third kappa shape index (κ3) is 3.05. The number of aromatic amines is 1. The van der Waals surface area contributed by atoms with Gasteiger partial charge in [0.2, 0.25) is 0 Å². The van der Waals surface area contributed by atoms with Gasteiger partial charge in [-0.3, -0.25) is 4.79 Å². The topological polar surface area (TPSA) is 54.1 Å². The van der Waals surface area contributed by atoms with Crippen molar-refractivity contribution in [2.24, 2.45) is 0 Å². The van der Waals surface area contributed by atoms with Crippen LogP contribution in [0, 0.1) is 6.92 Å². The van der Waals surface area contributed by atoms with E-state index in [1.54, 1.807) is 0 Å². The van der Waals surface area contributed by atoms with Crippen molar-refractivity contribution >= 4 is 22.5 Å². The van der Waals surface area contributed by atoms with Crippen LogP contribution in [0.25, 0.3) is 10.9 Å². The molecule has 2 aromatic carbocycles. The van der Waals surface area contributed by atoms with E-state index in [0.29, 0.717) is 0 Å². The number of rotatable bonds is 4. The molecule has 1 amide bonds. The SMILES string of the molecule is Cc1ccccc1OCC(=O)Nc1ccc2cc[nH]c2c1. The van der Waals surface area contributed by atoms with Crippen molar-refractivity contribution < 1.29 is 9.53 Å². The van der Waals surface area contributed by atoms with Crippen molar-refractivity contribution in [2.45, 2.75) is 6.92 Å². The molecular formula is C17H16N2O2. The van der Waals surface area contributed by atoms with E-state index in [4.69, 9.17) is 4.74 Å². The fourth-order valence-electron chi connectivity index (χ4n) is 2.18. The summed E-state index contributed by atoms with van der Waals surface area (Å²) in [5, 5.41) is 3.94. The molecule has 0 unspecified atom stereocenters. The minimum atomic E-state index is -0.177. The number of amides is 1. The molecule has 0 saturated carbocycles. The summed E-state index contributed by atoms with van der Waals surface area (Å²) >= 11 is 0. The summed E-state index contributed by atoms with van der Waals surface area (Å²) in [5.74, 6) is 0.552. The number of aryl methyl sites for hydroxylation is 1. The van der Waals surface area contributed by atoms with Crippen LogP contribution < -0.4 is 10.1 Å². The highest BCUT2D eigenvalue weighted by molar-refractivity contribution is 5.94. The van der Waals surface area contributed by atoms with E-state index >= 15 is 0 Å². The van der Waals surface area contributed by atoms with Gasteiger partial charge in [-0.05, 0) is 42.1 Å². The Morgan fingerprint density at radius 1 is 1.19 bits per heavy atom. The molecule has 4 nitrogen and oxygen atoms in total. The molecule has 3 aromatic rings. The van der Waals surface area contributed by atoms with Gasteiger partial charge in [0, 0.05) is 17.4 Å². The second-order valence-corrected chi connectivity index (χ2v) is 4.88. The van der Waals surface area contributed by atoms with Crippen LogP contribution in [-0.2, 0) is 4.79 Å². The lowest BCUT2D eigenvalue weighted by molar-refractivity contribution is -0.118. The normalized spacial score (nSPS) is 10.5. The number of aromatic nitrogens is 1. The number of anilines is 1. The molecular weight excluding hydrogens is 264 g/mol. The molecule has 0 aliphatic rings. The van der Waals surface area contributed by atoms with Gasteiger partial charge in [0.25, 0.3) is 5.91 Å². The molecule has 0 atom stereocenters. The lowest BCUT2D eigenvalue weighted by Gasteiger charge is -2.09. The predicted molar refractivity (Wildman–Crippen MR) is 83.6 cm³/mol. The Bertz CT molecular complexity index is 777. The summed E-state index contributed by atoms with van der Waals surface area (Å²) in [6, 6.07) is 15.4. The Labute approximate surface area is 122 Å². The Balaban J connectivity index is 1.62. The van der Waals surface area contributed by atoms with Gasteiger partial charge in [0.1, 0.15) is 5.75 Å². The Kier molecular flexibility index (Phi) is 3.60. The molecule has 1 heterocycles. The first-order chi connectivity index (χ1) is 10.2. The third-order valence-corrected chi connectivity index (χ3v) is 3.29. The number of para-hydroxylation sites is 1. The van der Waals surface area contributed by atoms with Gasteiger partial charge in [-0.2, -0.15) is 0 Å². The molecule has 4 heteroatoms. The fourth-order valence-corrected chi connectivity index (χ4v) is 2.18. The number of hydrogen-bond acceptors (Lipinski definition) is 2. The van der Waals surface area contributed by atoms with Crippen molar-refractivity contribution in [3.8, 4) is 5.75 Å². The average molecular weight is 280 g/mol. The highest BCUT2D eigenvalue weighted by Crippen LogP contribution is 2.18. The molecule has 2 N–H and O–H groups in total. The summed E-state index contributed by atoms with van der Waals surface area (Å²) in [6.07, 6.45) is 1.87. The molecule has 0 fully saturated rings. The molecule has 106 valence electrons. The van der Waals surface area contributed by atoms with E-state index in [-0.39, 0.29) is 12.5 Å². The van der Waals surface area contributed by atoms with Crippen molar-refractivity contribution in [1.29, 1.82) is 0 Å². The maximum Gasteiger partial charge on any atom is 0.262 e. The second-order valence-electron chi connectivity index (χ2n) is 4.88. The van der Waals surface area contributed by atoms with Gasteiger partial charge in [-0.25, -0.2) is 0 Å². The number of fused-ring (bicyclic) bond motifs is 1. The molecule has 0 spiro atoms. The van der Waals surface area contributed by atoms with Gasteiger partial charge in [-0.1, -0.05) is 24.3 Å². The van der Waals surface area contributed by atoms with E-state index in [1.807, 2.05) is 61.7 Å². The highest BCUT2D eigenvalue weighted by Gasteiger charge is 2.06. The van der Waals surface area contributed by atoms with Gasteiger partial charge in [0.15, 0.2) is 6.61 Å². The van der Waals surface area contributed by atoms with Crippen molar-refractivity contribution in [1.82, 2.24) is 4.98 Å². The van der Waals surface area contributed by atoms with Crippen molar-refractivity contribution in [3.63, 3.8) is 0 Å². The van der Waals surface area contributed by atoms with Crippen LogP contribution in [0.1, 0.15) is 5.56 Å². The molecule has 3 rings (SSSR count). The number of nitrogens with one attached hydrogen (secondary N) is 2. The summed E-state index contributed by atoms with van der Waals surface area (Å²) in [5.41, 5.74) is 2.76. The number of hydrogen-bond donors (Lipinski definition) is 2. The second kappa shape index (κ2) is 5.71. The minimum absolute atomic E-state index is 0.00633. The Morgan fingerprint density at radius 2 is 2.05 bits per heavy atom. The third-order valence-electron chi connectivity index (χ3n) is 3.29. The van der Waals surface area contributed by atoms with Crippen LogP contribution in [0.5, 0.6) is 5.75 Å². The van der Waals surface area contributed by atoms with Crippen LogP contribution in [0.3, 0.4) is 0 Å². The van der Waals surface area contributed by atoms with Crippen LogP contribution in [0.15, 0.2) is 54.7 Å². The number of carbonyl (C=O) groups excluding carboxylic acids is 1. The lowest BCUT2D eigenvalue weighted by Crippen LogP contribution is -2.20. The zero-order valence-corrected chi connectivity index (χ0v) is 11.7. The van der Waals surface area contributed by atoms with Crippen LogP contribution >= 0.6 is 0 Å². The van der Waals surface area contributed by atoms with Crippen LogP contribution in [0.2, 0.25) is 0 Å². The summed E-state index contributed by atoms with van der Waals surface area (Å²) < 4.78 is 5.52. The van der Waals surface area contributed by atoms with Gasteiger partial charge >= 0.3 is 0 Å². The monoisotopic (exact) mass is 280 g/mol. The molecule has 0 aliphatic carbocycles. The zero-order chi connectivity index (χ0) is 14.7. The number of benzene rings is 2. The van der Waals surface area contributed by atoms with E-state index in [0.717, 1.165) is 27.9 Å². The molecule has 0 bridgehead atoms. The summed E-state index contributed by atoms with van der Waals surface area (Å²) in [4.78, 5) is 15.0. The fraction of sp³-hybridized carbons (Fsp3) is 0.118. The largest absolute Gasteiger partial charge is 0.483 e. The number of H-pyrrole nitrogens is 1. The van der Waals surface area contributed by atoms with Gasteiger partial charge < -0.3 is 15.0 Å². The highest BCUT2D eigenvalue weighted by atomic mass is 16.5.